The molecule has 2 fully saturated rings. The van der Waals surface area contributed by atoms with Crippen molar-refractivity contribution in [1.82, 2.24) is 19.8 Å². The van der Waals surface area contributed by atoms with Crippen molar-refractivity contribution in [3.05, 3.63) is 66.0 Å². The first-order valence-corrected chi connectivity index (χ1v) is 14.8. The number of hydrogen-bond donors (Lipinski definition) is 3. The van der Waals surface area contributed by atoms with Gasteiger partial charge in [0.25, 0.3) is 0 Å². The van der Waals surface area contributed by atoms with Crippen LogP contribution >= 0.6 is 0 Å². The lowest BCUT2D eigenvalue weighted by atomic mass is 10.0. The third-order valence-corrected chi connectivity index (χ3v) is 7.54. The van der Waals surface area contributed by atoms with Crippen LogP contribution in [0.5, 0.6) is 11.6 Å². The highest BCUT2D eigenvalue weighted by molar-refractivity contribution is 5.99. The molecular weight excluding hydrogens is 575 g/mol. The fourth-order valence-electron chi connectivity index (χ4n) is 4.91. The Kier molecular flexibility index (Phi) is 9.95. The van der Waals surface area contributed by atoms with E-state index in [1.54, 1.807) is 24.3 Å². The average molecular weight is 612 g/mol. The standard InChI is InChI=1S/C31H36F3N7O3/c1-2-3-12-40-13-15-41(16-14-40)19-22-6-7-24(17-26(22)31(32,33)34)38-30(43)37-23-8-10-25(11-9-23)44-28-18-27(35-20-36-28)39-29(42)21-4-5-21/h6-11,17-18,20-21H,2-5,12-16,19H2,1H3,(H2,37,38,43)(H,35,36,39,42). The number of nitrogens with zero attached hydrogens (tertiary/aromatic N) is 4. The zero-order valence-electron chi connectivity index (χ0n) is 24.5. The number of ether oxygens (including phenoxy) is 1. The number of piperazine rings is 1. The fourth-order valence-corrected chi connectivity index (χ4v) is 4.91. The molecule has 0 spiro atoms. The zero-order valence-corrected chi connectivity index (χ0v) is 24.5. The maximum atomic E-state index is 14.0. The highest BCUT2D eigenvalue weighted by atomic mass is 19.4. The van der Waals surface area contributed by atoms with E-state index >= 15 is 0 Å². The van der Waals surface area contributed by atoms with Gasteiger partial charge in [-0.05, 0) is 67.8 Å². The normalized spacial score (nSPS) is 15.9. The first-order chi connectivity index (χ1) is 21.2. The molecule has 1 aliphatic heterocycles. The van der Waals surface area contributed by atoms with Gasteiger partial charge in [-0.2, -0.15) is 13.2 Å². The van der Waals surface area contributed by atoms with Crippen molar-refractivity contribution < 1.29 is 27.5 Å². The molecule has 234 valence electrons. The van der Waals surface area contributed by atoms with Crippen LogP contribution in [0.25, 0.3) is 0 Å². The smallest absolute Gasteiger partial charge is 0.416 e. The second kappa shape index (κ2) is 14.0. The molecule has 10 nitrogen and oxygen atoms in total. The van der Waals surface area contributed by atoms with Crippen LogP contribution in [0.1, 0.15) is 43.7 Å². The van der Waals surface area contributed by atoms with Gasteiger partial charge in [-0.1, -0.05) is 19.4 Å². The van der Waals surface area contributed by atoms with Gasteiger partial charge in [0.1, 0.15) is 17.9 Å². The maximum absolute atomic E-state index is 14.0. The molecule has 0 atom stereocenters. The Hall–Kier alpha value is -4.23. The number of alkyl halides is 3. The third-order valence-electron chi connectivity index (χ3n) is 7.54. The largest absolute Gasteiger partial charge is 0.439 e. The highest BCUT2D eigenvalue weighted by Gasteiger charge is 2.34. The van der Waals surface area contributed by atoms with Gasteiger partial charge in [-0.3, -0.25) is 9.69 Å². The molecule has 3 N–H and O–H groups in total. The van der Waals surface area contributed by atoms with Crippen molar-refractivity contribution in [2.45, 2.75) is 45.3 Å². The van der Waals surface area contributed by atoms with Gasteiger partial charge in [-0.15, -0.1) is 0 Å². The number of carbonyl (C=O) groups is 2. The van der Waals surface area contributed by atoms with Crippen LogP contribution in [-0.4, -0.2) is 64.4 Å². The summed E-state index contributed by atoms with van der Waals surface area (Å²) in [5, 5.41) is 7.84. The summed E-state index contributed by atoms with van der Waals surface area (Å²) < 4.78 is 47.7. The molecule has 1 saturated carbocycles. The van der Waals surface area contributed by atoms with Crippen molar-refractivity contribution in [3.8, 4) is 11.6 Å². The van der Waals surface area contributed by atoms with Gasteiger partial charge in [0, 0.05) is 56.1 Å². The Morgan fingerprint density at radius 2 is 1.59 bits per heavy atom. The number of hydrogen-bond acceptors (Lipinski definition) is 7. The van der Waals surface area contributed by atoms with Gasteiger partial charge in [0.05, 0.1) is 5.56 Å². The van der Waals surface area contributed by atoms with E-state index in [0.717, 1.165) is 51.4 Å². The predicted octanol–water partition coefficient (Wildman–Crippen LogP) is 6.20. The summed E-state index contributed by atoms with van der Waals surface area (Å²) in [6.45, 7) is 6.47. The second-order valence-electron chi connectivity index (χ2n) is 11.1. The number of amides is 3. The maximum Gasteiger partial charge on any atom is 0.416 e. The van der Waals surface area contributed by atoms with Crippen molar-refractivity contribution >= 4 is 29.1 Å². The summed E-state index contributed by atoms with van der Waals surface area (Å²) >= 11 is 0. The summed E-state index contributed by atoms with van der Waals surface area (Å²) in [5.74, 6) is 0.929. The molecule has 1 aromatic heterocycles. The van der Waals surface area contributed by atoms with E-state index < -0.39 is 17.8 Å². The lowest BCUT2D eigenvalue weighted by molar-refractivity contribution is -0.138. The summed E-state index contributed by atoms with van der Waals surface area (Å²) in [4.78, 5) is 37.0. The monoisotopic (exact) mass is 611 g/mol. The Labute approximate surface area is 254 Å². The number of aromatic nitrogens is 2. The number of unbranched alkanes of at least 4 members (excludes halogenated alkanes) is 1. The quantitative estimate of drug-likeness (QED) is 0.237. The molecule has 1 aliphatic carbocycles. The zero-order chi connectivity index (χ0) is 31.1. The van der Waals surface area contributed by atoms with Gasteiger partial charge in [-0.25, -0.2) is 14.8 Å². The fraction of sp³-hybridized carbons (Fsp3) is 0.419. The Bertz CT molecular complexity index is 1440. The van der Waals surface area contributed by atoms with Gasteiger partial charge in [0.2, 0.25) is 11.8 Å². The summed E-state index contributed by atoms with van der Waals surface area (Å²) in [6.07, 6.45) is 0.700. The number of carbonyl (C=O) groups excluding carboxylic acids is 2. The van der Waals surface area contributed by atoms with Crippen LogP contribution in [0.3, 0.4) is 0 Å². The minimum Gasteiger partial charge on any atom is -0.439 e. The van der Waals surface area contributed by atoms with Crippen LogP contribution in [0.4, 0.5) is 35.2 Å². The second-order valence-corrected chi connectivity index (χ2v) is 11.1. The number of urea groups is 1. The van der Waals surface area contributed by atoms with Gasteiger partial charge >= 0.3 is 12.2 Å². The number of benzene rings is 2. The van der Waals surface area contributed by atoms with Crippen molar-refractivity contribution in [2.75, 3.05) is 48.7 Å². The minimum absolute atomic E-state index is 0.0317. The summed E-state index contributed by atoms with van der Waals surface area (Å²) in [6, 6.07) is 11.1. The molecule has 0 unspecified atom stereocenters. The highest BCUT2D eigenvalue weighted by Crippen LogP contribution is 2.35. The molecule has 44 heavy (non-hydrogen) atoms. The predicted molar refractivity (Wildman–Crippen MR) is 161 cm³/mol. The van der Waals surface area contributed by atoms with Gasteiger partial charge in [0.15, 0.2) is 0 Å². The number of halogens is 3. The van der Waals surface area contributed by atoms with E-state index in [4.69, 9.17) is 4.74 Å². The number of anilines is 3. The molecule has 2 heterocycles. The van der Waals surface area contributed by atoms with Crippen LogP contribution in [0, 0.1) is 5.92 Å². The van der Waals surface area contributed by atoms with Crippen molar-refractivity contribution in [1.29, 1.82) is 0 Å². The first-order valence-electron chi connectivity index (χ1n) is 14.8. The van der Waals surface area contributed by atoms with E-state index in [9.17, 15) is 22.8 Å². The van der Waals surface area contributed by atoms with Crippen LogP contribution in [0.15, 0.2) is 54.9 Å². The first kappa shape index (κ1) is 31.2. The molecule has 5 rings (SSSR count). The SMILES string of the molecule is CCCCN1CCN(Cc2ccc(NC(=O)Nc3ccc(Oc4cc(NC(=O)C5CC5)ncn4)cc3)cc2C(F)(F)F)CC1. The van der Waals surface area contributed by atoms with Gasteiger partial charge < -0.3 is 25.6 Å². The van der Waals surface area contributed by atoms with E-state index in [-0.39, 0.29) is 35.5 Å². The average Bonchev–Trinajstić information content (AvgIpc) is 3.84. The van der Waals surface area contributed by atoms with Crippen molar-refractivity contribution in [2.24, 2.45) is 5.92 Å². The lowest BCUT2D eigenvalue weighted by Crippen LogP contribution is -2.46. The van der Waals surface area contributed by atoms with Crippen LogP contribution in [-0.2, 0) is 17.5 Å². The van der Waals surface area contributed by atoms with E-state index in [1.807, 2.05) is 4.90 Å². The molecule has 1 saturated heterocycles. The molecule has 13 heteroatoms. The molecule has 3 aromatic rings. The molecule has 2 aromatic carbocycles. The summed E-state index contributed by atoms with van der Waals surface area (Å²) in [7, 11) is 0. The molecule has 3 amide bonds. The van der Waals surface area contributed by atoms with Crippen LogP contribution in [0.2, 0.25) is 0 Å². The molecule has 2 aliphatic rings. The van der Waals surface area contributed by atoms with Crippen LogP contribution < -0.4 is 20.7 Å². The molecule has 0 radical (unpaired) electrons. The Balaban J connectivity index is 1.15. The van der Waals surface area contributed by atoms with E-state index in [1.165, 1.54) is 24.5 Å². The minimum atomic E-state index is -4.56. The van der Waals surface area contributed by atoms with Crippen molar-refractivity contribution in [3.63, 3.8) is 0 Å². The summed E-state index contributed by atoms with van der Waals surface area (Å²) in [5.41, 5.74) is -0.135. The molecular formula is C31H36F3N7O3. The van der Waals surface area contributed by atoms with E-state index in [2.05, 4.69) is 37.7 Å². The third kappa shape index (κ3) is 8.89. The van der Waals surface area contributed by atoms with E-state index in [0.29, 0.717) is 30.3 Å². The Morgan fingerprint density at radius 3 is 2.27 bits per heavy atom. The molecule has 0 bridgehead atoms. The number of rotatable bonds is 11. The number of nitrogens with one attached hydrogen (secondary N) is 3. The lowest BCUT2D eigenvalue weighted by Gasteiger charge is -2.35. The topological polar surface area (TPSA) is 112 Å². The Morgan fingerprint density at radius 1 is 0.909 bits per heavy atom.